The zero-order chi connectivity index (χ0) is 23.1. The van der Waals surface area contributed by atoms with Gasteiger partial charge in [0.05, 0.1) is 4.90 Å². The van der Waals surface area contributed by atoms with Crippen LogP contribution in [0.1, 0.15) is 32.6 Å². The van der Waals surface area contributed by atoms with Crippen molar-refractivity contribution in [2.45, 2.75) is 49.7 Å². The zero-order valence-electron chi connectivity index (χ0n) is 17.9. The van der Waals surface area contributed by atoms with Gasteiger partial charge < -0.3 is 4.90 Å². The quantitative estimate of drug-likeness (QED) is 0.630. The number of alkyl halides is 3. The van der Waals surface area contributed by atoms with Crippen LogP contribution in [0.3, 0.4) is 0 Å². The average Bonchev–Trinajstić information content (AvgIpc) is 3.61. The number of rotatable bonds is 6. The van der Waals surface area contributed by atoms with E-state index >= 15 is 0 Å². The molecule has 4 rings (SSSR count). The minimum Gasteiger partial charge on any atom is -0.330 e. The van der Waals surface area contributed by atoms with E-state index in [1.807, 2.05) is 24.3 Å². The number of sulfonamides is 1. The van der Waals surface area contributed by atoms with Crippen molar-refractivity contribution in [3.63, 3.8) is 0 Å². The second kappa shape index (κ2) is 8.67. The maximum atomic E-state index is 13.1. The molecule has 1 atom stereocenters. The summed E-state index contributed by atoms with van der Waals surface area (Å²) >= 11 is 0. The monoisotopic (exact) mass is 468 g/mol. The Morgan fingerprint density at radius 1 is 1.06 bits per heavy atom. The van der Waals surface area contributed by atoms with Crippen molar-refractivity contribution in [2.24, 2.45) is 11.8 Å². The third-order valence-corrected chi connectivity index (χ3v) is 8.49. The number of piperidine rings is 1. The number of fused-ring (bicyclic) bond motifs is 1. The van der Waals surface area contributed by atoms with Gasteiger partial charge in [-0.1, -0.05) is 30.3 Å². The number of nitrogens with zero attached hydrogens (tertiary/aromatic N) is 2. The van der Waals surface area contributed by atoms with Crippen LogP contribution in [-0.4, -0.2) is 55.4 Å². The van der Waals surface area contributed by atoms with Crippen molar-refractivity contribution < 1.29 is 26.4 Å². The molecule has 2 aromatic carbocycles. The number of amides is 1. The molecule has 1 aliphatic heterocycles. The lowest BCUT2D eigenvalue weighted by atomic mass is 9.95. The smallest absolute Gasteiger partial charge is 0.330 e. The topological polar surface area (TPSA) is 57.7 Å². The first-order valence-corrected chi connectivity index (χ1v) is 12.4. The molecule has 0 bridgehead atoms. The normalized spacial score (nSPS) is 19.8. The van der Waals surface area contributed by atoms with E-state index in [0.717, 1.165) is 28.5 Å². The van der Waals surface area contributed by atoms with Gasteiger partial charge in [-0.2, -0.15) is 17.5 Å². The standard InChI is InChI=1S/C23H27F3N2O3S/c1-16(17-6-7-17)28(15-23(24,25)26)22(29)19-10-12-27(13-11-19)32(30,31)21-9-8-18-4-2-3-5-20(18)14-21/h2-5,8-9,14,16-17,19H,6-7,10-13,15H2,1H3. The van der Waals surface area contributed by atoms with Gasteiger partial charge >= 0.3 is 6.18 Å². The number of hydrogen-bond acceptors (Lipinski definition) is 3. The highest BCUT2D eigenvalue weighted by Crippen LogP contribution is 2.37. The number of benzene rings is 2. The van der Waals surface area contributed by atoms with Crippen LogP contribution in [0.2, 0.25) is 0 Å². The molecule has 5 nitrogen and oxygen atoms in total. The Kier molecular flexibility index (Phi) is 6.24. The van der Waals surface area contributed by atoms with Crippen LogP contribution in [0.15, 0.2) is 47.4 Å². The molecule has 174 valence electrons. The molecule has 1 unspecified atom stereocenters. The summed E-state index contributed by atoms with van der Waals surface area (Å²) in [6.07, 6.45) is -2.34. The van der Waals surface area contributed by atoms with Crippen molar-refractivity contribution in [2.75, 3.05) is 19.6 Å². The van der Waals surface area contributed by atoms with E-state index in [0.29, 0.717) is 0 Å². The van der Waals surface area contributed by atoms with Crippen LogP contribution >= 0.6 is 0 Å². The Bertz CT molecular complexity index is 1090. The van der Waals surface area contributed by atoms with Crippen LogP contribution in [0, 0.1) is 11.8 Å². The van der Waals surface area contributed by atoms with E-state index in [4.69, 9.17) is 0 Å². The number of carbonyl (C=O) groups is 1. The number of hydrogen-bond donors (Lipinski definition) is 0. The van der Waals surface area contributed by atoms with Crippen LogP contribution in [0.5, 0.6) is 0 Å². The third-order valence-electron chi connectivity index (χ3n) is 6.59. The molecular weight excluding hydrogens is 441 g/mol. The Balaban J connectivity index is 1.45. The molecule has 1 aliphatic carbocycles. The summed E-state index contributed by atoms with van der Waals surface area (Å²) in [5.74, 6) is -0.985. The first-order valence-electron chi connectivity index (χ1n) is 10.9. The second-order valence-electron chi connectivity index (χ2n) is 8.85. The first kappa shape index (κ1) is 23.0. The molecule has 9 heteroatoms. The van der Waals surface area contributed by atoms with E-state index in [2.05, 4.69) is 0 Å². The Morgan fingerprint density at radius 3 is 2.28 bits per heavy atom. The van der Waals surface area contributed by atoms with E-state index in [1.165, 1.54) is 4.31 Å². The summed E-state index contributed by atoms with van der Waals surface area (Å²) in [7, 11) is -3.74. The van der Waals surface area contributed by atoms with Gasteiger partial charge in [-0.15, -0.1) is 0 Å². The SMILES string of the molecule is CC(C1CC1)N(CC(F)(F)F)C(=O)C1CCN(S(=O)(=O)c2ccc3ccccc3c2)CC1. The van der Waals surface area contributed by atoms with Crippen LogP contribution < -0.4 is 0 Å². The summed E-state index contributed by atoms with van der Waals surface area (Å²) in [6, 6.07) is 12.0. The summed E-state index contributed by atoms with van der Waals surface area (Å²) in [5.41, 5.74) is 0. The molecular formula is C23H27F3N2O3S. The molecule has 2 fully saturated rings. The van der Waals surface area contributed by atoms with Gasteiger partial charge in [0.15, 0.2) is 0 Å². The molecule has 1 amide bonds. The van der Waals surface area contributed by atoms with Crippen molar-refractivity contribution >= 4 is 26.7 Å². The fourth-order valence-electron chi connectivity index (χ4n) is 4.50. The van der Waals surface area contributed by atoms with Crippen molar-refractivity contribution in [1.29, 1.82) is 0 Å². The Labute approximate surface area is 186 Å². The largest absolute Gasteiger partial charge is 0.406 e. The van der Waals surface area contributed by atoms with Crippen molar-refractivity contribution in [3.8, 4) is 0 Å². The second-order valence-corrected chi connectivity index (χ2v) is 10.8. The van der Waals surface area contributed by atoms with Gasteiger partial charge in [0, 0.05) is 25.0 Å². The molecule has 0 N–H and O–H groups in total. The third kappa shape index (κ3) is 4.93. The first-order chi connectivity index (χ1) is 15.1. The van der Waals surface area contributed by atoms with E-state index in [1.54, 1.807) is 25.1 Å². The molecule has 1 saturated carbocycles. The van der Waals surface area contributed by atoms with Gasteiger partial charge in [-0.3, -0.25) is 4.79 Å². The fourth-order valence-corrected chi connectivity index (χ4v) is 6.01. The van der Waals surface area contributed by atoms with Crippen molar-refractivity contribution in [3.05, 3.63) is 42.5 Å². The van der Waals surface area contributed by atoms with E-state index in [-0.39, 0.29) is 36.7 Å². The molecule has 2 aromatic rings. The highest BCUT2D eigenvalue weighted by atomic mass is 32.2. The molecule has 32 heavy (non-hydrogen) atoms. The lowest BCUT2D eigenvalue weighted by Crippen LogP contribution is -2.50. The fraction of sp³-hybridized carbons (Fsp3) is 0.522. The molecule has 0 radical (unpaired) electrons. The average molecular weight is 469 g/mol. The molecule has 1 heterocycles. The highest BCUT2D eigenvalue weighted by molar-refractivity contribution is 7.89. The maximum absolute atomic E-state index is 13.1. The van der Waals surface area contributed by atoms with E-state index < -0.39 is 40.6 Å². The lowest BCUT2D eigenvalue weighted by molar-refractivity contribution is -0.169. The molecule has 1 saturated heterocycles. The number of carbonyl (C=O) groups excluding carboxylic acids is 1. The van der Waals surface area contributed by atoms with Gasteiger partial charge in [0.1, 0.15) is 6.54 Å². The Morgan fingerprint density at radius 2 is 1.69 bits per heavy atom. The van der Waals surface area contributed by atoms with Crippen LogP contribution in [0.25, 0.3) is 10.8 Å². The predicted molar refractivity (Wildman–Crippen MR) is 115 cm³/mol. The molecule has 2 aliphatic rings. The predicted octanol–water partition coefficient (Wildman–Crippen LogP) is 4.43. The van der Waals surface area contributed by atoms with Gasteiger partial charge in [0.25, 0.3) is 0 Å². The van der Waals surface area contributed by atoms with Crippen molar-refractivity contribution in [1.82, 2.24) is 9.21 Å². The van der Waals surface area contributed by atoms with Crippen LogP contribution in [0.4, 0.5) is 13.2 Å². The summed E-state index contributed by atoms with van der Waals surface area (Å²) in [4.78, 5) is 14.1. The summed E-state index contributed by atoms with van der Waals surface area (Å²) in [5, 5.41) is 1.75. The zero-order valence-corrected chi connectivity index (χ0v) is 18.7. The van der Waals surface area contributed by atoms with Gasteiger partial charge in [-0.05, 0) is 61.4 Å². The maximum Gasteiger partial charge on any atom is 0.406 e. The number of halogens is 3. The minimum absolute atomic E-state index is 0.114. The Hall–Kier alpha value is -2.13. The lowest BCUT2D eigenvalue weighted by Gasteiger charge is -2.36. The van der Waals surface area contributed by atoms with Gasteiger partial charge in [-0.25, -0.2) is 8.42 Å². The molecule has 0 spiro atoms. The minimum atomic E-state index is -4.46. The summed E-state index contributed by atoms with van der Waals surface area (Å²) < 4.78 is 66.9. The van der Waals surface area contributed by atoms with Gasteiger partial charge in [0.2, 0.25) is 15.9 Å². The molecule has 0 aromatic heterocycles. The van der Waals surface area contributed by atoms with E-state index in [9.17, 15) is 26.4 Å². The van der Waals surface area contributed by atoms with Crippen LogP contribution in [-0.2, 0) is 14.8 Å². The highest BCUT2D eigenvalue weighted by Gasteiger charge is 2.43. The summed E-state index contributed by atoms with van der Waals surface area (Å²) in [6.45, 7) is 0.659.